The van der Waals surface area contributed by atoms with Crippen molar-refractivity contribution in [3.05, 3.63) is 29.8 Å². The number of nitrogens with one attached hydrogen (secondary N) is 2. The van der Waals surface area contributed by atoms with Gasteiger partial charge in [-0.05, 0) is 37.2 Å². The molecule has 24 heavy (non-hydrogen) atoms. The maximum absolute atomic E-state index is 11.8. The molecule has 0 unspecified atom stereocenters. The Morgan fingerprint density at radius 1 is 1.21 bits per heavy atom. The van der Waals surface area contributed by atoms with E-state index in [9.17, 15) is 9.59 Å². The van der Waals surface area contributed by atoms with Crippen LogP contribution in [0.1, 0.15) is 23.2 Å². The smallest absolute Gasteiger partial charge is 0.248 e. The maximum atomic E-state index is 11.8. The van der Waals surface area contributed by atoms with E-state index >= 15 is 0 Å². The van der Waals surface area contributed by atoms with Gasteiger partial charge in [0.05, 0.1) is 13.0 Å². The fourth-order valence-electron chi connectivity index (χ4n) is 2.53. The summed E-state index contributed by atoms with van der Waals surface area (Å²) in [7, 11) is 0. The summed E-state index contributed by atoms with van der Waals surface area (Å²) in [4.78, 5) is 25.1. The highest BCUT2D eigenvalue weighted by atomic mass is 16.5. The SMILES string of the molecule is NC(=O)c1ccc(OCCC(=O)NCCCN2CCNCC2)cc1. The Morgan fingerprint density at radius 2 is 1.92 bits per heavy atom. The molecular formula is C17H26N4O3. The van der Waals surface area contributed by atoms with Crippen LogP contribution in [0.4, 0.5) is 0 Å². The van der Waals surface area contributed by atoms with Crippen molar-refractivity contribution in [1.82, 2.24) is 15.5 Å². The van der Waals surface area contributed by atoms with Gasteiger partial charge in [0.15, 0.2) is 0 Å². The van der Waals surface area contributed by atoms with Gasteiger partial charge < -0.3 is 26.0 Å². The van der Waals surface area contributed by atoms with Crippen LogP contribution in [-0.2, 0) is 4.79 Å². The van der Waals surface area contributed by atoms with Gasteiger partial charge in [-0.15, -0.1) is 0 Å². The van der Waals surface area contributed by atoms with E-state index in [1.165, 1.54) is 0 Å². The number of amides is 2. The van der Waals surface area contributed by atoms with Crippen LogP contribution in [0.25, 0.3) is 0 Å². The molecule has 2 amide bonds. The van der Waals surface area contributed by atoms with Crippen LogP contribution in [0, 0.1) is 0 Å². The summed E-state index contributed by atoms with van der Waals surface area (Å²) in [5.74, 6) is 0.136. The molecule has 1 heterocycles. The summed E-state index contributed by atoms with van der Waals surface area (Å²) >= 11 is 0. The van der Waals surface area contributed by atoms with E-state index in [1.807, 2.05) is 0 Å². The van der Waals surface area contributed by atoms with Crippen LogP contribution in [0.3, 0.4) is 0 Å². The average molecular weight is 334 g/mol. The molecule has 2 rings (SSSR count). The predicted octanol–water partition coefficient (Wildman–Crippen LogP) is -0.0341. The lowest BCUT2D eigenvalue weighted by atomic mass is 10.2. The Morgan fingerprint density at radius 3 is 2.58 bits per heavy atom. The Labute approximate surface area is 142 Å². The van der Waals surface area contributed by atoms with E-state index < -0.39 is 5.91 Å². The predicted molar refractivity (Wildman–Crippen MR) is 92.0 cm³/mol. The highest BCUT2D eigenvalue weighted by Crippen LogP contribution is 2.11. The maximum Gasteiger partial charge on any atom is 0.248 e. The van der Waals surface area contributed by atoms with Crippen LogP contribution in [-0.4, -0.2) is 62.6 Å². The van der Waals surface area contributed by atoms with E-state index in [4.69, 9.17) is 10.5 Å². The summed E-state index contributed by atoms with van der Waals surface area (Å²) in [6.45, 7) is 6.27. The highest BCUT2D eigenvalue weighted by molar-refractivity contribution is 5.92. The second-order valence-electron chi connectivity index (χ2n) is 5.78. The molecule has 0 bridgehead atoms. The highest BCUT2D eigenvalue weighted by Gasteiger charge is 2.09. The molecule has 132 valence electrons. The van der Waals surface area contributed by atoms with E-state index in [-0.39, 0.29) is 5.91 Å². The minimum absolute atomic E-state index is 0.0101. The number of carbonyl (C=O) groups is 2. The molecule has 0 radical (unpaired) electrons. The molecule has 0 saturated carbocycles. The molecule has 4 N–H and O–H groups in total. The summed E-state index contributed by atoms with van der Waals surface area (Å²) in [5.41, 5.74) is 5.61. The number of nitrogens with two attached hydrogens (primary N) is 1. The molecule has 1 aromatic carbocycles. The zero-order valence-corrected chi connectivity index (χ0v) is 13.9. The molecule has 0 aromatic heterocycles. The molecule has 7 nitrogen and oxygen atoms in total. The first-order chi connectivity index (χ1) is 11.6. The van der Waals surface area contributed by atoms with Crippen molar-refractivity contribution < 1.29 is 14.3 Å². The molecular weight excluding hydrogens is 308 g/mol. The molecule has 1 saturated heterocycles. The van der Waals surface area contributed by atoms with Gasteiger partial charge in [0.1, 0.15) is 5.75 Å². The number of hydrogen-bond acceptors (Lipinski definition) is 5. The first kappa shape index (κ1) is 18.2. The standard InChI is InChI=1S/C17H26N4O3/c18-17(23)14-2-4-15(5-3-14)24-13-6-16(22)20-7-1-10-21-11-8-19-9-12-21/h2-5,19H,1,6-13H2,(H2,18,23)(H,20,22). The van der Waals surface area contributed by atoms with Crippen LogP contribution in [0.15, 0.2) is 24.3 Å². The number of primary amides is 1. The lowest BCUT2D eigenvalue weighted by molar-refractivity contribution is -0.121. The second-order valence-corrected chi connectivity index (χ2v) is 5.78. The van der Waals surface area contributed by atoms with E-state index in [0.29, 0.717) is 30.9 Å². The van der Waals surface area contributed by atoms with Gasteiger partial charge in [-0.2, -0.15) is 0 Å². The van der Waals surface area contributed by atoms with Gasteiger partial charge in [0.25, 0.3) is 0 Å². The first-order valence-electron chi connectivity index (χ1n) is 8.37. The third kappa shape index (κ3) is 6.55. The zero-order valence-electron chi connectivity index (χ0n) is 13.9. The first-order valence-corrected chi connectivity index (χ1v) is 8.37. The number of ether oxygens (including phenoxy) is 1. The number of piperazine rings is 1. The van der Waals surface area contributed by atoms with Crippen LogP contribution >= 0.6 is 0 Å². The third-order valence-corrected chi connectivity index (χ3v) is 3.92. The van der Waals surface area contributed by atoms with Gasteiger partial charge in [0, 0.05) is 38.3 Å². The Kier molecular flexibility index (Phi) is 7.51. The Hall–Kier alpha value is -2.12. The number of carbonyl (C=O) groups excluding carboxylic acids is 2. The van der Waals surface area contributed by atoms with E-state index in [0.717, 1.165) is 39.1 Å². The van der Waals surface area contributed by atoms with Crippen LogP contribution < -0.4 is 21.1 Å². The number of hydrogen-bond donors (Lipinski definition) is 3. The number of rotatable bonds is 9. The topological polar surface area (TPSA) is 96.7 Å². The van der Waals surface area contributed by atoms with Gasteiger partial charge in [-0.25, -0.2) is 0 Å². The summed E-state index contributed by atoms with van der Waals surface area (Å²) in [6.07, 6.45) is 1.27. The number of nitrogens with zero attached hydrogens (tertiary/aromatic N) is 1. The molecule has 7 heteroatoms. The second kappa shape index (κ2) is 9.89. The van der Waals surface area contributed by atoms with E-state index in [2.05, 4.69) is 15.5 Å². The molecule has 1 fully saturated rings. The van der Waals surface area contributed by atoms with Crippen molar-refractivity contribution in [2.45, 2.75) is 12.8 Å². The van der Waals surface area contributed by atoms with Crippen molar-refractivity contribution in [2.75, 3.05) is 45.9 Å². The molecule has 1 aliphatic rings. The molecule has 1 aromatic rings. The van der Waals surface area contributed by atoms with Crippen molar-refractivity contribution >= 4 is 11.8 Å². The number of benzene rings is 1. The Balaban J connectivity index is 1.53. The Bertz CT molecular complexity index is 527. The summed E-state index contributed by atoms with van der Waals surface area (Å²) in [6, 6.07) is 6.55. The van der Waals surface area contributed by atoms with Crippen molar-refractivity contribution in [1.29, 1.82) is 0 Å². The van der Waals surface area contributed by atoms with Gasteiger partial charge in [-0.3, -0.25) is 9.59 Å². The van der Waals surface area contributed by atoms with Gasteiger partial charge in [-0.1, -0.05) is 0 Å². The minimum atomic E-state index is -0.471. The monoisotopic (exact) mass is 334 g/mol. The van der Waals surface area contributed by atoms with Crippen molar-refractivity contribution in [3.63, 3.8) is 0 Å². The summed E-state index contributed by atoms with van der Waals surface area (Å²) < 4.78 is 5.48. The van der Waals surface area contributed by atoms with Crippen molar-refractivity contribution in [3.8, 4) is 5.75 Å². The fourth-order valence-corrected chi connectivity index (χ4v) is 2.53. The van der Waals surface area contributed by atoms with Crippen LogP contribution in [0.5, 0.6) is 5.75 Å². The normalized spacial score (nSPS) is 15.0. The van der Waals surface area contributed by atoms with Crippen LogP contribution in [0.2, 0.25) is 0 Å². The average Bonchev–Trinajstić information content (AvgIpc) is 2.60. The largest absolute Gasteiger partial charge is 0.493 e. The van der Waals surface area contributed by atoms with E-state index in [1.54, 1.807) is 24.3 Å². The lowest BCUT2D eigenvalue weighted by Gasteiger charge is -2.27. The van der Waals surface area contributed by atoms with Crippen molar-refractivity contribution in [2.24, 2.45) is 5.73 Å². The van der Waals surface area contributed by atoms with Gasteiger partial charge in [0.2, 0.25) is 11.8 Å². The quantitative estimate of drug-likeness (QED) is 0.551. The molecule has 1 aliphatic heterocycles. The summed E-state index contributed by atoms with van der Waals surface area (Å²) in [5, 5.41) is 6.23. The van der Waals surface area contributed by atoms with Gasteiger partial charge >= 0.3 is 0 Å². The lowest BCUT2D eigenvalue weighted by Crippen LogP contribution is -2.44. The molecule has 0 atom stereocenters. The zero-order chi connectivity index (χ0) is 17.2. The third-order valence-electron chi connectivity index (χ3n) is 3.92. The molecule has 0 spiro atoms. The minimum Gasteiger partial charge on any atom is -0.493 e. The fraction of sp³-hybridized carbons (Fsp3) is 0.529. The molecule has 0 aliphatic carbocycles.